The van der Waals surface area contributed by atoms with Crippen LogP contribution in [0.2, 0.25) is 24.8 Å². The third-order valence-corrected chi connectivity index (χ3v) is 6.91. The molecular formula is C20H20BrClN2O2SSi. The van der Waals surface area contributed by atoms with Gasteiger partial charge >= 0.3 is 0 Å². The highest BCUT2D eigenvalue weighted by Gasteiger charge is 2.36. The molecule has 4 nitrogen and oxygen atoms in total. The van der Waals surface area contributed by atoms with Gasteiger partial charge in [0.25, 0.3) is 0 Å². The van der Waals surface area contributed by atoms with Gasteiger partial charge in [0, 0.05) is 10.7 Å². The number of halogens is 2. The number of ketones is 1. The van der Waals surface area contributed by atoms with Gasteiger partial charge in [0.2, 0.25) is 5.78 Å². The highest BCUT2D eigenvalue weighted by atomic mass is 79.9. The average Bonchev–Trinajstić information content (AvgIpc) is 3.11. The van der Waals surface area contributed by atoms with Crippen molar-refractivity contribution in [2.24, 2.45) is 0 Å². The van der Waals surface area contributed by atoms with Gasteiger partial charge in [-0.2, -0.15) is 0 Å². The molecule has 3 aromatic rings. The molecule has 1 aromatic carbocycles. The molecule has 1 unspecified atom stereocenters. The van der Waals surface area contributed by atoms with Crippen LogP contribution in [0, 0.1) is 0 Å². The van der Waals surface area contributed by atoms with Crippen LogP contribution in [-0.4, -0.2) is 24.1 Å². The number of carbonyl (C=O) groups excluding carboxylic acids is 1. The molecule has 0 aliphatic rings. The van der Waals surface area contributed by atoms with Crippen molar-refractivity contribution in [3.63, 3.8) is 0 Å². The van der Waals surface area contributed by atoms with Gasteiger partial charge in [0.1, 0.15) is 17.1 Å². The Morgan fingerprint density at radius 1 is 1.25 bits per heavy atom. The normalized spacial score (nSPS) is 13.9. The number of hydrogen-bond acceptors (Lipinski definition) is 5. The zero-order valence-corrected chi connectivity index (χ0v) is 20.2. The van der Waals surface area contributed by atoms with Crippen molar-refractivity contribution in [1.82, 2.24) is 9.97 Å². The minimum atomic E-state index is -1.90. The van der Waals surface area contributed by atoms with E-state index >= 15 is 0 Å². The Bertz CT molecular complexity index is 1020. The Morgan fingerprint density at radius 3 is 2.64 bits per heavy atom. The Kier molecular flexibility index (Phi) is 6.22. The number of benzene rings is 1. The third kappa shape index (κ3) is 4.60. The first kappa shape index (κ1) is 21.3. The van der Waals surface area contributed by atoms with Crippen LogP contribution in [-0.2, 0) is 10.0 Å². The van der Waals surface area contributed by atoms with E-state index in [0.29, 0.717) is 10.4 Å². The molecule has 0 saturated carbocycles. The number of rotatable bonds is 6. The average molecular weight is 496 g/mol. The van der Waals surface area contributed by atoms with Crippen LogP contribution in [0.15, 0.2) is 52.7 Å². The maximum absolute atomic E-state index is 12.9. The molecular weight excluding hydrogens is 476 g/mol. The van der Waals surface area contributed by atoms with Crippen molar-refractivity contribution in [2.75, 3.05) is 0 Å². The summed E-state index contributed by atoms with van der Waals surface area (Å²) in [6.07, 6.45) is 2.77. The molecule has 2 aromatic heterocycles. The smallest absolute Gasteiger partial charge is 0.207 e. The highest BCUT2D eigenvalue weighted by Crippen LogP contribution is 2.39. The number of hydrogen-bond donors (Lipinski definition) is 0. The van der Waals surface area contributed by atoms with Crippen LogP contribution in [0.25, 0.3) is 0 Å². The fourth-order valence-corrected chi connectivity index (χ4v) is 5.98. The molecule has 2 heterocycles. The van der Waals surface area contributed by atoms with Gasteiger partial charge < -0.3 is 4.43 Å². The number of aromatic nitrogens is 2. The van der Waals surface area contributed by atoms with Gasteiger partial charge in [-0.05, 0) is 61.3 Å². The van der Waals surface area contributed by atoms with Crippen molar-refractivity contribution in [3.05, 3.63) is 79.4 Å². The number of carbonyl (C=O) groups is 1. The maximum atomic E-state index is 12.9. The summed E-state index contributed by atoms with van der Waals surface area (Å²) in [4.78, 5) is 21.3. The van der Waals surface area contributed by atoms with Crippen molar-refractivity contribution in [1.29, 1.82) is 0 Å². The molecule has 0 bridgehead atoms. The van der Waals surface area contributed by atoms with E-state index in [1.165, 1.54) is 23.9 Å². The highest BCUT2D eigenvalue weighted by molar-refractivity contribution is 9.10. The van der Waals surface area contributed by atoms with Crippen LogP contribution in [0.5, 0.6) is 0 Å². The van der Waals surface area contributed by atoms with E-state index in [-0.39, 0.29) is 10.9 Å². The topological polar surface area (TPSA) is 52.1 Å². The van der Waals surface area contributed by atoms with E-state index in [1.54, 1.807) is 0 Å². The molecule has 0 fully saturated rings. The summed E-state index contributed by atoms with van der Waals surface area (Å²) in [5.41, 5.74) is 1.60. The molecule has 0 aliphatic carbocycles. The summed E-state index contributed by atoms with van der Waals surface area (Å²) in [6.45, 7) is 8.52. The first-order valence-electron chi connectivity index (χ1n) is 8.65. The minimum absolute atomic E-state index is 0.156. The monoisotopic (exact) mass is 494 g/mol. The molecule has 0 amide bonds. The van der Waals surface area contributed by atoms with E-state index in [1.807, 2.05) is 29.6 Å². The lowest BCUT2D eigenvalue weighted by Gasteiger charge is -2.36. The number of nitrogens with zero attached hydrogens (tertiary/aromatic N) is 2. The fraction of sp³-hybridized carbons (Fsp3) is 0.250. The predicted molar refractivity (Wildman–Crippen MR) is 120 cm³/mol. The van der Waals surface area contributed by atoms with E-state index in [0.717, 1.165) is 15.6 Å². The summed E-state index contributed by atoms with van der Waals surface area (Å²) in [6, 6.07) is 9.97. The van der Waals surface area contributed by atoms with Gasteiger partial charge in [-0.1, -0.05) is 39.7 Å². The van der Waals surface area contributed by atoms with Crippen LogP contribution in [0.1, 0.15) is 33.3 Å². The SMILES string of the molecule is CC(O[Si](C)(C)C)(c1cccc(Br)c1)c1csc(C(=O)c2cncnc2Cl)c1. The summed E-state index contributed by atoms with van der Waals surface area (Å²) in [7, 11) is -1.90. The van der Waals surface area contributed by atoms with Crippen molar-refractivity contribution >= 4 is 53.0 Å². The molecule has 1 atom stereocenters. The molecule has 8 heteroatoms. The van der Waals surface area contributed by atoms with E-state index in [2.05, 4.69) is 58.5 Å². The second-order valence-electron chi connectivity index (χ2n) is 7.51. The first-order valence-corrected chi connectivity index (χ1v) is 14.1. The van der Waals surface area contributed by atoms with Crippen LogP contribution < -0.4 is 0 Å². The lowest BCUT2D eigenvalue weighted by molar-refractivity contribution is 0.104. The molecule has 0 N–H and O–H groups in total. The maximum Gasteiger partial charge on any atom is 0.207 e. The summed E-state index contributed by atoms with van der Waals surface area (Å²) in [5.74, 6) is -0.188. The third-order valence-electron chi connectivity index (χ3n) is 4.17. The lowest BCUT2D eigenvalue weighted by atomic mass is 9.90. The van der Waals surface area contributed by atoms with Gasteiger partial charge in [0.15, 0.2) is 8.32 Å². The summed E-state index contributed by atoms with van der Waals surface area (Å²) in [5, 5.41) is 2.13. The van der Waals surface area contributed by atoms with Gasteiger partial charge in [0.05, 0.1) is 10.4 Å². The Labute approximate surface area is 183 Å². The van der Waals surface area contributed by atoms with Gasteiger partial charge in [-0.15, -0.1) is 11.3 Å². The van der Waals surface area contributed by atoms with E-state index < -0.39 is 13.9 Å². The molecule has 146 valence electrons. The summed E-state index contributed by atoms with van der Waals surface area (Å²) >= 11 is 11.0. The van der Waals surface area contributed by atoms with Crippen LogP contribution in [0.3, 0.4) is 0 Å². The van der Waals surface area contributed by atoms with Gasteiger partial charge in [-0.3, -0.25) is 4.79 Å². The molecule has 0 radical (unpaired) electrons. The predicted octanol–water partition coefficient (Wildman–Crippen LogP) is 6.30. The second kappa shape index (κ2) is 8.16. The van der Waals surface area contributed by atoms with E-state index in [9.17, 15) is 4.79 Å². The second-order valence-corrected chi connectivity index (χ2v) is 14.1. The van der Waals surface area contributed by atoms with Gasteiger partial charge in [-0.25, -0.2) is 9.97 Å². The molecule has 0 spiro atoms. The molecule has 28 heavy (non-hydrogen) atoms. The Hall–Kier alpha value is -1.38. The van der Waals surface area contributed by atoms with Crippen LogP contribution >= 0.6 is 38.9 Å². The molecule has 0 aliphatic heterocycles. The molecule has 0 saturated heterocycles. The zero-order chi connectivity index (χ0) is 20.5. The fourth-order valence-electron chi connectivity index (χ4n) is 2.99. The minimum Gasteiger partial charge on any atom is -0.404 e. The lowest BCUT2D eigenvalue weighted by Crippen LogP contribution is -2.39. The zero-order valence-electron chi connectivity index (χ0n) is 16.0. The van der Waals surface area contributed by atoms with Crippen LogP contribution in [0.4, 0.5) is 0 Å². The quantitative estimate of drug-likeness (QED) is 0.229. The largest absolute Gasteiger partial charge is 0.404 e. The standard InChI is InChI=1S/C20H20BrClN2O2SSi/c1-20(26-28(2,3)4,13-6-5-7-15(21)8-13)14-9-17(27-11-14)18(25)16-10-23-12-24-19(16)22/h5-12H,1-4H3. The first-order chi connectivity index (χ1) is 13.1. The Balaban J connectivity index is 2.05. The van der Waals surface area contributed by atoms with Crippen molar-refractivity contribution in [2.45, 2.75) is 32.2 Å². The summed E-state index contributed by atoms with van der Waals surface area (Å²) < 4.78 is 7.62. The van der Waals surface area contributed by atoms with Crippen molar-refractivity contribution < 1.29 is 9.22 Å². The van der Waals surface area contributed by atoms with Crippen molar-refractivity contribution in [3.8, 4) is 0 Å². The molecule has 3 rings (SSSR count). The Morgan fingerprint density at radius 2 is 2.00 bits per heavy atom. The van der Waals surface area contributed by atoms with E-state index in [4.69, 9.17) is 16.0 Å². The number of thiophene rings is 1.